The lowest BCUT2D eigenvalue weighted by Crippen LogP contribution is -2.19. The Balaban J connectivity index is 2.92. The summed E-state index contributed by atoms with van der Waals surface area (Å²) in [5.74, 6) is 0.730. The SMILES string of the molecule is COC(/C=C(C)\C=C\C1=C(C)CCCC1(C)C)=C/C=C/C=O. The molecule has 2 nitrogen and oxygen atoms in total. The molecule has 0 aromatic rings. The van der Waals surface area contributed by atoms with Crippen LogP contribution in [0.15, 0.2) is 58.9 Å². The zero-order valence-corrected chi connectivity index (χ0v) is 14.5. The first-order valence-electron chi connectivity index (χ1n) is 7.83. The standard InChI is InChI=1S/C20H28O2/c1-16(15-18(22-5)10-6-7-14-21)11-12-19-17(2)9-8-13-20(19,3)4/h6-7,10-12,14-15H,8-9,13H2,1-5H3/b7-6+,12-11+,16-15-,18-10+. The van der Waals surface area contributed by atoms with Crippen LogP contribution in [0.3, 0.4) is 0 Å². The minimum Gasteiger partial charge on any atom is -0.497 e. The molecule has 0 atom stereocenters. The molecule has 0 amide bonds. The van der Waals surface area contributed by atoms with Gasteiger partial charge in [0.1, 0.15) is 12.0 Å². The van der Waals surface area contributed by atoms with Gasteiger partial charge in [0.25, 0.3) is 0 Å². The number of carbonyl (C=O) groups is 1. The molecular weight excluding hydrogens is 272 g/mol. The van der Waals surface area contributed by atoms with Gasteiger partial charge >= 0.3 is 0 Å². The molecule has 120 valence electrons. The van der Waals surface area contributed by atoms with Gasteiger partial charge in [-0.25, -0.2) is 0 Å². The van der Waals surface area contributed by atoms with Gasteiger partial charge < -0.3 is 4.74 Å². The molecule has 1 aliphatic carbocycles. The highest BCUT2D eigenvalue weighted by Crippen LogP contribution is 2.40. The Morgan fingerprint density at radius 3 is 2.59 bits per heavy atom. The van der Waals surface area contributed by atoms with Gasteiger partial charge in [-0.2, -0.15) is 0 Å². The summed E-state index contributed by atoms with van der Waals surface area (Å²) in [5, 5.41) is 0. The third kappa shape index (κ3) is 5.51. The smallest absolute Gasteiger partial charge is 0.142 e. The van der Waals surface area contributed by atoms with Gasteiger partial charge in [0.15, 0.2) is 0 Å². The number of carbonyl (C=O) groups excluding carboxylic acids is 1. The fraction of sp³-hybridized carbons (Fsp3) is 0.450. The highest BCUT2D eigenvalue weighted by Gasteiger charge is 2.26. The zero-order chi connectivity index (χ0) is 16.6. The van der Waals surface area contributed by atoms with E-state index in [2.05, 4.69) is 39.8 Å². The van der Waals surface area contributed by atoms with E-state index in [1.54, 1.807) is 19.3 Å². The first kappa shape index (κ1) is 18.2. The maximum atomic E-state index is 10.3. The van der Waals surface area contributed by atoms with Crippen molar-refractivity contribution in [2.75, 3.05) is 7.11 Å². The average molecular weight is 300 g/mol. The third-order valence-corrected chi connectivity index (χ3v) is 4.11. The monoisotopic (exact) mass is 300 g/mol. The predicted molar refractivity (Wildman–Crippen MR) is 93.5 cm³/mol. The Bertz CT molecular complexity index is 540. The summed E-state index contributed by atoms with van der Waals surface area (Å²) in [7, 11) is 1.63. The van der Waals surface area contributed by atoms with Crippen molar-refractivity contribution < 1.29 is 9.53 Å². The number of methoxy groups -OCH3 is 1. The molecule has 0 saturated heterocycles. The quantitative estimate of drug-likeness (QED) is 0.288. The van der Waals surface area contributed by atoms with E-state index in [9.17, 15) is 4.79 Å². The Labute approximate surface area is 134 Å². The van der Waals surface area contributed by atoms with Gasteiger partial charge in [0.2, 0.25) is 0 Å². The van der Waals surface area contributed by atoms with Gasteiger partial charge in [-0.05, 0) is 67.9 Å². The molecule has 1 rings (SSSR count). The Morgan fingerprint density at radius 1 is 1.27 bits per heavy atom. The predicted octanol–water partition coefficient (Wildman–Crippen LogP) is 5.30. The Hall–Kier alpha value is -1.83. The lowest BCUT2D eigenvalue weighted by molar-refractivity contribution is -0.104. The molecule has 0 spiro atoms. The Morgan fingerprint density at radius 2 is 2.00 bits per heavy atom. The normalized spacial score (nSPS) is 20.0. The summed E-state index contributed by atoms with van der Waals surface area (Å²) in [4.78, 5) is 10.3. The van der Waals surface area contributed by atoms with Crippen molar-refractivity contribution in [2.45, 2.75) is 47.0 Å². The van der Waals surface area contributed by atoms with E-state index in [1.165, 1.54) is 36.5 Å². The first-order valence-corrected chi connectivity index (χ1v) is 7.83. The second kappa shape index (κ2) is 8.57. The fourth-order valence-corrected chi connectivity index (χ4v) is 2.87. The molecule has 0 aromatic heterocycles. The largest absolute Gasteiger partial charge is 0.497 e. The van der Waals surface area contributed by atoms with Crippen LogP contribution < -0.4 is 0 Å². The summed E-state index contributed by atoms with van der Waals surface area (Å²) in [6, 6.07) is 0. The molecule has 0 saturated carbocycles. The third-order valence-electron chi connectivity index (χ3n) is 4.11. The summed E-state index contributed by atoms with van der Waals surface area (Å²) >= 11 is 0. The van der Waals surface area contributed by atoms with Crippen LogP contribution in [0.4, 0.5) is 0 Å². The molecule has 22 heavy (non-hydrogen) atoms. The fourth-order valence-electron chi connectivity index (χ4n) is 2.87. The molecule has 0 fully saturated rings. The molecule has 0 bridgehead atoms. The van der Waals surface area contributed by atoms with Gasteiger partial charge in [-0.3, -0.25) is 4.79 Å². The van der Waals surface area contributed by atoms with Crippen LogP contribution in [0, 0.1) is 5.41 Å². The van der Waals surface area contributed by atoms with Crippen molar-refractivity contribution in [1.29, 1.82) is 0 Å². The number of allylic oxidation sites excluding steroid dienone is 9. The minimum absolute atomic E-state index is 0.256. The van der Waals surface area contributed by atoms with E-state index in [1.807, 2.05) is 6.08 Å². The highest BCUT2D eigenvalue weighted by molar-refractivity contribution is 5.65. The molecule has 0 heterocycles. The van der Waals surface area contributed by atoms with Crippen LogP contribution in [0.25, 0.3) is 0 Å². The lowest BCUT2D eigenvalue weighted by Gasteiger charge is -2.32. The van der Waals surface area contributed by atoms with Crippen molar-refractivity contribution in [1.82, 2.24) is 0 Å². The summed E-state index contributed by atoms with van der Waals surface area (Å²) in [5.41, 5.74) is 4.33. The number of ether oxygens (including phenoxy) is 1. The van der Waals surface area contributed by atoms with Crippen molar-refractivity contribution in [3.63, 3.8) is 0 Å². The molecule has 1 aliphatic rings. The van der Waals surface area contributed by atoms with Crippen molar-refractivity contribution in [2.24, 2.45) is 5.41 Å². The number of rotatable bonds is 6. The topological polar surface area (TPSA) is 26.3 Å². The van der Waals surface area contributed by atoms with Crippen LogP contribution >= 0.6 is 0 Å². The van der Waals surface area contributed by atoms with E-state index >= 15 is 0 Å². The number of hydrogen-bond acceptors (Lipinski definition) is 2. The van der Waals surface area contributed by atoms with Crippen LogP contribution in [-0.4, -0.2) is 13.4 Å². The van der Waals surface area contributed by atoms with Crippen LogP contribution in [-0.2, 0) is 9.53 Å². The second-order valence-corrected chi connectivity index (χ2v) is 6.45. The van der Waals surface area contributed by atoms with E-state index in [0.717, 1.165) is 17.6 Å². The van der Waals surface area contributed by atoms with Crippen molar-refractivity contribution in [3.05, 3.63) is 58.9 Å². The molecule has 0 aromatic carbocycles. The van der Waals surface area contributed by atoms with E-state index in [0.29, 0.717) is 0 Å². The summed E-state index contributed by atoms with van der Waals surface area (Å²) in [6.07, 6.45) is 15.7. The zero-order valence-electron chi connectivity index (χ0n) is 14.5. The van der Waals surface area contributed by atoms with Crippen LogP contribution in [0.2, 0.25) is 0 Å². The molecule has 0 unspecified atom stereocenters. The van der Waals surface area contributed by atoms with Crippen molar-refractivity contribution >= 4 is 6.29 Å². The van der Waals surface area contributed by atoms with Crippen LogP contribution in [0.1, 0.15) is 47.0 Å². The Kier molecular flexibility index (Phi) is 7.10. The number of hydrogen-bond donors (Lipinski definition) is 0. The maximum Gasteiger partial charge on any atom is 0.142 e. The highest BCUT2D eigenvalue weighted by atomic mass is 16.5. The molecule has 0 aliphatic heterocycles. The van der Waals surface area contributed by atoms with Gasteiger partial charge in [-0.1, -0.05) is 37.6 Å². The first-order chi connectivity index (χ1) is 10.4. The average Bonchev–Trinajstić information content (AvgIpc) is 2.45. The minimum atomic E-state index is 0.256. The number of aldehydes is 1. The van der Waals surface area contributed by atoms with E-state index < -0.39 is 0 Å². The van der Waals surface area contributed by atoms with Gasteiger partial charge in [0, 0.05) is 0 Å². The van der Waals surface area contributed by atoms with Gasteiger partial charge in [0.05, 0.1) is 7.11 Å². The van der Waals surface area contributed by atoms with Crippen LogP contribution in [0.5, 0.6) is 0 Å². The van der Waals surface area contributed by atoms with E-state index in [-0.39, 0.29) is 5.41 Å². The lowest BCUT2D eigenvalue weighted by atomic mass is 9.72. The molecule has 2 heteroatoms. The molecule has 0 radical (unpaired) electrons. The summed E-state index contributed by atoms with van der Waals surface area (Å²) < 4.78 is 5.29. The molecular formula is C20H28O2. The van der Waals surface area contributed by atoms with E-state index in [4.69, 9.17) is 4.74 Å². The summed E-state index contributed by atoms with van der Waals surface area (Å²) in [6.45, 7) is 8.93. The maximum absolute atomic E-state index is 10.3. The van der Waals surface area contributed by atoms with Gasteiger partial charge in [-0.15, -0.1) is 0 Å². The second-order valence-electron chi connectivity index (χ2n) is 6.45. The van der Waals surface area contributed by atoms with Crippen molar-refractivity contribution in [3.8, 4) is 0 Å². The molecule has 0 N–H and O–H groups in total.